The number of aromatic nitrogens is 2. The Morgan fingerprint density at radius 2 is 1.93 bits per heavy atom. The van der Waals surface area contributed by atoms with Crippen LogP contribution >= 0.6 is 12.2 Å². The molecular formula is C20H20FN3O2S. The number of hydrogen-bond acceptors (Lipinski definition) is 3. The van der Waals surface area contributed by atoms with E-state index in [2.05, 4.69) is 4.98 Å². The smallest absolute Gasteiger partial charge is 0.262 e. The molecule has 0 saturated carbocycles. The summed E-state index contributed by atoms with van der Waals surface area (Å²) in [4.78, 5) is 30.0. The van der Waals surface area contributed by atoms with E-state index < -0.39 is 0 Å². The summed E-state index contributed by atoms with van der Waals surface area (Å²) in [5.41, 5.74) is 1.63. The fraction of sp³-hybridized carbons (Fsp3) is 0.250. The number of benzene rings is 2. The second-order valence-corrected chi connectivity index (χ2v) is 6.77. The first-order chi connectivity index (χ1) is 12.8. The zero-order valence-corrected chi connectivity index (χ0v) is 16.1. The summed E-state index contributed by atoms with van der Waals surface area (Å²) in [5, 5.41) is 0.483. The highest BCUT2D eigenvalue weighted by molar-refractivity contribution is 7.71. The lowest BCUT2D eigenvalue weighted by Crippen LogP contribution is -2.30. The van der Waals surface area contributed by atoms with Gasteiger partial charge in [0.05, 0.1) is 16.9 Å². The average Bonchev–Trinajstić information content (AvgIpc) is 2.66. The Bertz CT molecular complexity index is 1120. The molecule has 1 unspecified atom stereocenters. The van der Waals surface area contributed by atoms with Crippen LogP contribution in [0.1, 0.15) is 35.8 Å². The Balaban J connectivity index is 1.96. The number of amides is 1. The predicted molar refractivity (Wildman–Crippen MR) is 106 cm³/mol. The number of hydrogen-bond donors (Lipinski definition) is 1. The first kappa shape index (κ1) is 19.0. The predicted octanol–water partition coefficient (Wildman–Crippen LogP) is 4.05. The van der Waals surface area contributed by atoms with Crippen molar-refractivity contribution in [2.24, 2.45) is 0 Å². The molecule has 0 aliphatic heterocycles. The number of nitrogens with zero attached hydrogens (tertiary/aromatic N) is 2. The van der Waals surface area contributed by atoms with Gasteiger partial charge in [0, 0.05) is 19.2 Å². The van der Waals surface area contributed by atoms with E-state index in [0.29, 0.717) is 27.8 Å². The van der Waals surface area contributed by atoms with Crippen molar-refractivity contribution in [1.29, 1.82) is 0 Å². The van der Waals surface area contributed by atoms with Crippen molar-refractivity contribution in [3.63, 3.8) is 0 Å². The van der Waals surface area contributed by atoms with Gasteiger partial charge in [0.2, 0.25) is 0 Å². The third-order valence-corrected chi connectivity index (χ3v) is 5.12. The van der Waals surface area contributed by atoms with Crippen LogP contribution < -0.4 is 5.56 Å². The molecule has 0 saturated heterocycles. The third-order valence-electron chi connectivity index (χ3n) is 4.80. The maximum Gasteiger partial charge on any atom is 0.262 e. The molecule has 7 heteroatoms. The third kappa shape index (κ3) is 3.55. The van der Waals surface area contributed by atoms with E-state index in [1.54, 1.807) is 42.3 Å². The minimum Gasteiger partial charge on any atom is -0.335 e. The van der Waals surface area contributed by atoms with Crippen LogP contribution in [0.25, 0.3) is 10.9 Å². The van der Waals surface area contributed by atoms with Gasteiger partial charge in [0.1, 0.15) is 5.82 Å². The topological polar surface area (TPSA) is 58.1 Å². The van der Waals surface area contributed by atoms with E-state index >= 15 is 0 Å². The van der Waals surface area contributed by atoms with Crippen LogP contribution in [-0.4, -0.2) is 27.4 Å². The van der Waals surface area contributed by atoms with Gasteiger partial charge >= 0.3 is 0 Å². The molecule has 0 bridgehead atoms. The highest BCUT2D eigenvalue weighted by Crippen LogP contribution is 2.22. The van der Waals surface area contributed by atoms with E-state index in [1.807, 2.05) is 13.8 Å². The van der Waals surface area contributed by atoms with Crippen LogP contribution in [0.4, 0.5) is 4.39 Å². The van der Waals surface area contributed by atoms with E-state index in [-0.39, 0.29) is 23.3 Å². The Kier molecular flexibility index (Phi) is 5.23. The Morgan fingerprint density at radius 3 is 2.56 bits per heavy atom. The number of nitrogens with one attached hydrogen (secondary N) is 1. The van der Waals surface area contributed by atoms with Gasteiger partial charge in [0.25, 0.3) is 11.5 Å². The van der Waals surface area contributed by atoms with Gasteiger partial charge in [-0.1, -0.05) is 12.1 Å². The molecule has 3 aromatic rings. The zero-order chi connectivity index (χ0) is 19.7. The summed E-state index contributed by atoms with van der Waals surface area (Å²) >= 11 is 5.22. The second-order valence-electron chi connectivity index (χ2n) is 6.38. The molecule has 140 valence electrons. The average molecular weight is 385 g/mol. The summed E-state index contributed by atoms with van der Waals surface area (Å²) in [5.74, 6) is -0.518. The molecule has 5 nitrogen and oxygen atoms in total. The lowest BCUT2D eigenvalue weighted by molar-refractivity contribution is 0.0743. The molecule has 0 spiro atoms. The molecule has 0 fully saturated rings. The van der Waals surface area contributed by atoms with Gasteiger partial charge in [-0.15, -0.1) is 0 Å². The molecule has 2 aromatic carbocycles. The summed E-state index contributed by atoms with van der Waals surface area (Å²) in [6.45, 7) is 4.20. The Labute approximate surface area is 161 Å². The van der Waals surface area contributed by atoms with Gasteiger partial charge in [-0.2, -0.15) is 0 Å². The molecular weight excluding hydrogens is 365 g/mol. The van der Waals surface area contributed by atoms with Crippen molar-refractivity contribution >= 4 is 29.0 Å². The number of carbonyl (C=O) groups excluding carboxylic acids is 1. The largest absolute Gasteiger partial charge is 0.335 e. The Hall–Kier alpha value is -2.80. The minimum atomic E-state index is -0.317. The number of H-pyrrole nitrogens is 1. The molecule has 1 N–H and O–H groups in total. The summed E-state index contributed by atoms with van der Waals surface area (Å²) in [6, 6.07) is 10.7. The maximum atomic E-state index is 13.1. The number of halogens is 1. The van der Waals surface area contributed by atoms with E-state index in [1.165, 1.54) is 16.7 Å². The highest BCUT2D eigenvalue weighted by atomic mass is 32.1. The zero-order valence-electron chi connectivity index (χ0n) is 15.3. The van der Waals surface area contributed by atoms with Gasteiger partial charge < -0.3 is 9.88 Å². The number of fused-ring (bicyclic) bond motifs is 1. The van der Waals surface area contributed by atoms with Crippen molar-refractivity contribution in [2.45, 2.75) is 26.4 Å². The molecule has 0 radical (unpaired) electrons. The molecule has 1 aromatic heterocycles. The first-order valence-electron chi connectivity index (χ1n) is 8.63. The number of rotatable bonds is 4. The monoisotopic (exact) mass is 385 g/mol. The normalized spacial score (nSPS) is 12.1. The van der Waals surface area contributed by atoms with Crippen LogP contribution in [0.2, 0.25) is 0 Å². The molecule has 27 heavy (non-hydrogen) atoms. The van der Waals surface area contributed by atoms with Crippen LogP contribution in [0.15, 0.2) is 47.3 Å². The summed E-state index contributed by atoms with van der Waals surface area (Å²) in [6.07, 6.45) is 0. The van der Waals surface area contributed by atoms with Crippen molar-refractivity contribution < 1.29 is 9.18 Å². The lowest BCUT2D eigenvalue weighted by Gasteiger charge is -2.25. The van der Waals surface area contributed by atoms with Crippen LogP contribution in [0, 0.1) is 10.6 Å². The number of carbonyl (C=O) groups is 1. The number of aromatic amines is 1. The molecule has 3 rings (SSSR count). The van der Waals surface area contributed by atoms with Gasteiger partial charge in [0.15, 0.2) is 4.77 Å². The first-order valence-corrected chi connectivity index (χ1v) is 9.03. The van der Waals surface area contributed by atoms with Crippen LogP contribution in [0.3, 0.4) is 0 Å². The van der Waals surface area contributed by atoms with Crippen LogP contribution in [-0.2, 0) is 6.54 Å². The summed E-state index contributed by atoms with van der Waals surface area (Å²) < 4.78 is 14.9. The lowest BCUT2D eigenvalue weighted by atomic mass is 10.1. The van der Waals surface area contributed by atoms with Crippen molar-refractivity contribution in [1.82, 2.24) is 14.5 Å². The maximum absolute atomic E-state index is 13.1. The molecule has 1 heterocycles. The van der Waals surface area contributed by atoms with Gasteiger partial charge in [-0.3, -0.25) is 14.2 Å². The van der Waals surface area contributed by atoms with Crippen molar-refractivity contribution in [3.05, 3.63) is 74.5 Å². The SMILES string of the molecule is CCn1c(=S)[nH]c2cc(C(=O)N(C)C(C)c3ccc(F)cc3)ccc2c1=O. The van der Waals surface area contributed by atoms with E-state index in [4.69, 9.17) is 12.2 Å². The van der Waals surface area contributed by atoms with E-state index in [9.17, 15) is 14.0 Å². The molecule has 1 atom stereocenters. The highest BCUT2D eigenvalue weighted by Gasteiger charge is 2.20. The van der Waals surface area contributed by atoms with E-state index in [0.717, 1.165) is 5.56 Å². The van der Waals surface area contributed by atoms with Crippen molar-refractivity contribution in [2.75, 3.05) is 7.05 Å². The standard InChI is InChI=1S/C20H20FN3O2S/c1-4-24-19(26)16-10-7-14(11-17(16)22-20(24)27)18(25)23(3)12(2)13-5-8-15(21)9-6-13/h5-12H,4H2,1-3H3,(H,22,27). The fourth-order valence-corrected chi connectivity index (χ4v) is 3.34. The van der Waals surface area contributed by atoms with Gasteiger partial charge in [-0.25, -0.2) is 4.39 Å². The molecule has 0 aliphatic rings. The minimum absolute atomic E-state index is 0.178. The van der Waals surface area contributed by atoms with Crippen LogP contribution in [0.5, 0.6) is 0 Å². The quantitative estimate of drug-likeness (QED) is 0.690. The second kappa shape index (κ2) is 7.44. The van der Waals surface area contributed by atoms with Crippen molar-refractivity contribution in [3.8, 4) is 0 Å². The molecule has 1 amide bonds. The summed E-state index contributed by atoms with van der Waals surface area (Å²) in [7, 11) is 1.69. The molecule has 0 aliphatic carbocycles. The fourth-order valence-electron chi connectivity index (χ4n) is 3.02. The van der Waals surface area contributed by atoms with Gasteiger partial charge in [-0.05, 0) is 62.0 Å². The Morgan fingerprint density at radius 1 is 1.26 bits per heavy atom.